The summed E-state index contributed by atoms with van der Waals surface area (Å²) in [5.74, 6) is 1.41. The summed E-state index contributed by atoms with van der Waals surface area (Å²) in [5, 5.41) is 7.43. The Morgan fingerprint density at radius 2 is 1.31 bits per heavy atom. The number of anilines is 4. The van der Waals surface area contributed by atoms with Crippen LogP contribution in [0.2, 0.25) is 0 Å². The van der Waals surface area contributed by atoms with Crippen LogP contribution in [-0.2, 0) is 4.57 Å². The van der Waals surface area contributed by atoms with Crippen molar-refractivity contribution in [2.45, 2.75) is 13.8 Å². The van der Waals surface area contributed by atoms with Crippen molar-refractivity contribution >= 4 is 35.5 Å². The van der Waals surface area contributed by atoms with E-state index in [0.29, 0.717) is 5.82 Å². The molecule has 3 aromatic rings. The minimum Gasteiger partial charge on any atom is -0.340 e. The van der Waals surface area contributed by atoms with Crippen LogP contribution < -0.4 is 15.9 Å². The van der Waals surface area contributed by atoms with Crippen LogP contribution in [0.5, 0.6) is 0 Å². The molecule has 0 unspecified atom stereocenters. The van der Waals surface area contributed by atoms with Gasteiger partial charge in [0.05, 0.1) is 0 Å². The summed E-state index contributed by atoms with van der Waals surface area (Å²) in [6.07, 6.45) is 1.52. The van der Waals surface area contributed by atoms with Gasteiger partial charge in [-0.3, -0.25) is 0 Å². The maximum atomic E-state index is 12.1. The molecule has 26 heavy (non-hydrogen) atoms. The van der Waals surface area contributed by atoms with Gasteiger partial charge in [-0.2, -0.15) is 0 Å². The zero-order valence-electron chi connectivity index (χ0n) is 15.4. The molecule has 0 aliphatic heterocycles. The third-order valence-electron chi connectivity index (χ3n) is 3.92. The minimum absolute atomic E-state index is 0.691. The number of nitrogens with zero attached hydrogens (tertiary/aromatic N) is 2. The summed E-state index contributed by atoms with van der Waals surface area (Å²) >= 11 is 0. The molecule has 0 aliphatic carbocycles. The van der Waals surface area contributed by atoms with Gasteiger partial charge in [-0.1, -0.05) is 6.07 Å². The Balaban J connectivity index is 1.76. The molecule has 1 aromatic heterocycles. The highest BCUT2D eigenvalue weighted by Crippen LogP contribution is 2.34. The van der Waals surface area contributed by atoms with Gasteiger partial charge in [0, 0.05) is 22.7 Å². The van der Waals surface area contributed by atoms with Gasteiger partial charge >= 0.3 is 0 Å². The van der Waals surface area contributed by atoms with Crippen LogP contribution in [0.15, 0.2) is 54.9 Å². The second-order valence-electron chi connectivity index (χ2n) is 6.81. The van der Waals surface area contributed by atoms with E-state index in [9.17, 15) is 4.57 Å². The monoisotopic (exact) mass is 366 g/mol. The van der Waals surface area contributed by atoms with Crippen LogP contribution in [0, 0.1) is 13.8 Å². The summed E-state index contributed by atoms with van der Waals surface area (Å²) in [6.45, 7) is 7.68. The first-order chi connectivity index (χ1) is 12.3. The van der Waals surface area contributed by atoms with E-state index in [2.05, 4.69) is 52.6 Å². The average molecular weight is 366 g/mol. The van der Waals surface area contributed by atoms with E-state index >= 15 is 0 Å². The van der Waals surface area contributed by atoms with Gasteiger partial charge in [0.1, 0.15) is 25.1 Å². The smallest absolute Gasteiger partial charge is 0.135 e. The molecule has 0 radical (unpaired) electrons. The van der Waals surface area contributed by atoms with Gasteiger partial charge in [0.15, 0.2) is 0 Å². The molecular formula is C20H23N4OP. The first kappa shape index (κ1) is 18.2. The van der Waals surface area contributed by atoms with Crippen LogP contribution in [-0.4, -0.2) is 23.3 Å². The third kappa shape index (κ3) is 4.70. The molecule has 2 N–H and O–H groups in total. The Morgan fingerprint density at radius 1 is 0.769 bits per heavy atom. The Morgan fingerprint density at radius 3 is 1.85 bits per heavy atom. The molecule has 5 nitrogen and oxygen atoms in total. The van der Waals surface area contributed by atoms with Gasteiger partial charge in [-0.15, -0.1) is 0 Å². The van der Waals surface area contributed by atoms with E-state index in [4.69, 9.17) is 0 Å². The molecule has 1 heterocycles. The predicted octanol–water partition coefficient (Wildman–Crippen LogP) is 4.83. The molecule has 0 amide bonds. The fraction of sp³-hybridized carbons (Fsp3) is 0.200. The fourth-order valence-corrected chi connectivity index (χ4v) is 3.61. The zero-order valence-corrected chi connectivity index (χ0v) is 16.3. The van der Waals surface area contributed by atoms with E-state index in [1.807, 2.05) is 30.3 Å². The average Bonchev–Trinajstić information content (AvgIpc) is 2.54. The molecule has 2 aromatic carbocycles. The lowest BCUT2D eigenvalue weighted by molar-refractivity contribution is 0.588. The van der Waals surface area contributed by atoms with Crippen molar-refractivity contribution in [1.29, 1.82) is 0 Å². The Bertz CT molecular complexity index is 944. The predicted molar refractivity (Wildman–Crippen MR) is 110 cm³/mol. The summed E-state index contributed by atoms with van der Waals surface area (Å²) in [7, 11) is -2.24. The van der Waals surface area contributed by atoms with E-state index in [-0.39, 0.29) is 0 Å². The largest absolute Gasteiger partial charge is 0.340 e. The second kappa shape index (κ2) is 7.30. The van der Waals surface area contributed by atoms with E-state index in [1.165, 1.54) is 17.5 Å². The first-order valence-electron chi connectivity index (χ1n) is 8.39. The lowest BCUT2D eigenvalue weighted by Gasteiger charge is -2.11. The molecule has 0 spiro atoms. The van der Waals surface area contributed by atoms with Crippen LogP contribution >= 0.6 is 7.14 Å². The maximum absolute atomic E-state index is 12.1. The summed E-state index contributed by atoms with van der Waals surface area (Å²) in [4.78, 5) is 8.55. The van der Waals surface area contributed by atoms with Crippen molar-refractivity contribution in [3.63, 3.8) is 0 Å². The van der Waals surface area contributed by atoms with E-state index in [0.717, 1.165) is 22.5 Å². The lowest BCUT2D eigenvalue weighted by Crippen LogP contribution is -2.03. The van der Waals surface area contributed by atoms with E-state index in [1.54, 1.807) is 13.3 Å². The number of aromatic nitrogens is 2. The Hall–Kier alpha value is -2.65. The van der Waals surface area contributed by atoms with Crippen molar-refractivity contribution < 1.29 is 4.57 Å². The number of benzene rings is 2. The molecular weight excluding hydrogens is 343 g/mol. The van der Waals surface area contributed by atoms with Crippen LogP contribution in [0.3, 0.4) is 0 Å². The number of aryl methyl sites for hydroxylation is 2. The van der Waals surface area contributed by atoms with Crippen molar-refractivity contribution in [3.05, 3.63) is 66.0 Å². The molecule has 6 heteroatoms. The van der Waals surface area contributed by atoms with Crippen molar-refractivity contribution in [2.24, 2.45) is 0 Å². The van der Waals surface area contributed by atoms with Gasteiger partial charge in [-0.25, -0.2) is 9.97 Å². The summed E-state index contributed by atoms with van der Waals surface area (Å²) < 4.78 is 12.1. The SMILES string of the molecule is Cc1cc(C)cc(Nc2cc(Nc3ccc(P(C)(C)=O)cc3)ncn2)c1. The zero-order chi connectivity index (χ0) is 18.7. The van der Waals surface area contributed by atoms with Gasteiger partial charge in [0.25, 0.3) is 0 Å². The number of hydrogen-bond acceptors (Lipinski definition) is 5. The molecule has 0 fully saturated rings. The van der Waals surface area contributed by atoms with Gasteiger partial charge in [0.2, 0.25) is 0 Å². The standard InChI is InChI=1S/C20H23N4OP/c1-14-9-15(2)11-17(10-14)24-20-12-19(21-13-22-20)23-16-5-7-18(8-6-16)26(3,4)25/h5-13H,1-4H3,(H2,21,22,23,24). The molecule has 134 valence electrons. The number of nitrogens with one attached hydrogen (secondary N) is 2. The molecule has 0 saturated carbocycles. The highest BCUT2D eigenvalue weighted by atomic mass is 31.2. The van der Waals surface area contributed by atoms with Crippen molar-refractivity contribution in [1.82, 2.24) is 9.97 Å². The van der Waals surface area contributed by atoms with Crippen molar-refractivity contribution in [2.75, 3.05) is 24.0 Å². The number of rotatable bonds is 5. The fourth-order valence-electron chi connectivity index (χ4n) is 2.74. The van der Waals surface area contributed by atoms with E-state index < -0.39 is 7.14 Å². The van der Waals surface area contributed by atoms with Crippen molar-refractivity contribution in [3.8, 4) is 0 Å². The highest BCUT2D eigenvalue weighted by molar-refractivity contribution is 7.70. The number of hydrogen-bond donors (Lipinski definition) is 2. The normalized spacial score (nSPS) is 11.2. The second-order valence-corrected chi connectivity index (χ2v) is 10.0. The molecule has 3 rings (SSSR count). The van der Waals surface area contributed by atoms with Gasteiger partial charge < -0.3 is 15.2 Å². The van der Waals surface area contributed by atoms with Crippen LogP contribution in [0.4, 0.5) is 23.0 Å². The maximum Gasteiger partial charge on any atom is 0.135 e. The molecule has 0 bridgehead atoms. The summed E-state index contributed by atoms with van der Waals surface area (Å²) in [5.41, 5.74) is 4.28. The topological polar surface area (TPSA) is 66.9 Å². The molecule has 0 saturated heterocycles. The van der Waals surface area contributed by atoms with Crippen LogP contribution in [0.25, 0.3) is 0 Å². The summed E-state index contributed by atoms with van der Waals surface area (Å²) in [6, 6.07) is 15.7. The van der Waals surface area contributed by atoms with Gasteiger partial charge in [-0.05, 0) is 74.7 Å². The Kier molecular flexibility index (Phi) is 5.10. The third-order valence-corrected chi connectivity index (χ3v) is 5.46. The Labute approximate surface area is 154 Å². The molecule has 0 aliphatic rings. The lowest BCUT2D eigenvalue weighted by atomic mass is 10.1. The van der Waals surface area contributed by atoms with Crippen LogP contribution in [0.1, 0.15) is 11.1 Å². The first-order valence-corrected chi connectivity index (χ1v) is 11.0. The minimum atomic E-state index is -2.24. The highest BCUT2D eigenvalue weighted by Gasteiger charge is 2.10. The quantitative estimate of drug-likeness (QED) is 0.633. The molecule has 0 atom stereocenters.